The van der Waals surface area contributed by atoms with Gasteiger partial charge in [-0.3, -0.25) is 0 Å². The van der Waals surface area contributed by atoms with E-state index in [9.17, 15) is 0 Å². The van der Waals surface area contributed by atoms with Gasteiger partial charge < -0.3 is 10.6 Å². The average Bonchev–Trinajstić information content (AvgIpc) is 2.87. The van der Waals surface area contributed by atoms with Gasteiger partial charge in [0.1, 0.15) is 18.0 Å². The largest absolute Gasteiger partial charge is 0.370 e. The second kappa shape index (κ2) is 6.98. The molecule has 1 aliphatic rings. The van der Waals surface area contributed by atoms with Crippen LogP contribution in [0.2, 0.25) is 0 Å². The molecule has 0 amide bonds. The van der Waals surface area contributed by atoms with Crippen molar-refractivity contribution in [3.8, 4) is 0 Å². The average molecular weight is 280 g/mol. The smallest absolute Gasteiger partial charge is 0.134 e. The fourth-order valence-corrected chi connectivity index (χ4v) is 3.68. The van der Waals surface area contributed by atoms with Gasteiger partial charge in [0.15, 0.2) is 0 Å². The first-order valence-corrected chi connectivity index (χ1v) is 8.46. The summed E-state index contributed by atoms with van der Waals surface area (Å²) in [5, 5.41) is 7.68. The van der Waals surface area contributed by atoms with E-state index in [4.69, 9.17) is 0 Å². The zero-order chi connectivity index (χ0) is 13.7. The molecule has 2 unspecified atom stereocenters. The Kier molecular flexibility index (Phi) is 5.31. The van der Waals surface area contributed by atoms with Gasteiger partial charge in [0.05, 0.1) is 0 Å². The first kappa shape index (κ1) is 14.4. The van der Waals surface area contributed by atoms with Crippen molar-refractivity contribution in [2.75, 3.05) is 23.4 Å². The molecule has 0 radical (unpaired) electrons. The van der Waals surface area contributed by atoms with Crippen molar-refractivity contribution < 1.29 is 0 Å². The van der Waals surface area contributed by atoms with E-state index >= 15 is 0 Å². The molecule has 4 nitrogen and oxygen atoms in total. The maximum Gasteiger partial charge on any atom is 0.134 e. The molecule has 2 rings (SSSR count). The molecule has 1 aliphatic carbocycles. The molecule has 19 heavy (non-hydrogen) atoms. The molecule has 5 heteroatoms. The van der Waals surface area contributed by atoms with Crippen molar-refractivity contribution in [3.05, 3.63) is 11.9 Å². The lowest BCUT2D eigenvalue weighted by atomic mass is 10.2. The summed E-state index contributed by atoms with van der Waals surface area (Å²) < 4.78 is 0. The molecule has 1 fully saturated rings. The van der Waals surface area contributed by atoms with E-state index in [0.717, 1.165) is 24.6 Å². The third-order valence-corrected chi connectivity index (χ3v) is 4.89. The Hall–Kier alpha value is -0.970. The van der Waals surface area contributed by atoms with Crippen molar-refractivity contribution >= 4 is 23.4 Å². The van der Waals surface area contributed by atoms with Gasteiger partial charge in [0, 0.05) is 23.4 Å². The van der Waals surface area contributed by atoms with Crippen LogP contribution in [0.25, 0.3) is 0 Å². The fourth-order valence-electron chi connectivity index (χ4n) is 2.74. The van der Waals surface area contributed by atoms with E-state index in [-0.39, 0.29) is 0 Å². The molecule has 2 N–H and O–H groups in total. The lowest BCUT2D eigenvalue weighted by Crippen LogP contribution is -2.27. The van der Waals surface area contributed by atoms with Gasteiger partial charge in [-0.2, -0.15) is 11.8 Å². The first-order valence-electron chi connectivity index (χ1n) is 7.17. The molecule has 0 aliphatic heterocycles. The number of thioether (sulfide) groups is 1. The summed E-state index contributed by atoms with van der Waals surface area (Å²) in [4.78, 5) is 8.80. The van der Waals surface area contributed by atoms with Crippen LogP contribution in [0.3, 0.4) is 0 Å². The number of hydrogen-bond acceptors (Lipinski definition) is 5. The third kappa shape index (κ3) is 3.32. The minimum atomic E-state index is 0.546. The molecule has 1 aromatic heterocycles. The molecular weight excluding hydrogens is 256 g/mol. The predicted molar refractivity (Wildman–Crippen MR) is 84.1 cm³/mol. The van der Waals surface area contributed by atoms with Crippen molar-refractivity contribution in [1.82, 2.24) is 9.97 Å². The highest BCUT2D eigenvalue weighted by Crippen LogP contribution is 2.32. The van der Waals surface area contributed by atoms with Gasteiger partial charge in [-0.05, 0) is 32.4 Å². The summed E-state index contributed by atoms with van der Waals surface area (Å²) in [7, 11) is 0. The Bertz CT molecular complexity index is 410. The molecule has 1 heterocycles. The van der Waals surface area contributed by atoms with Gasteiger partial charge in [-0.1, -0.05) is 13.3 Å². The zero-order valence-electron chi connectivity index (χ0n) is 12.1. The van der Waals surface area contributed by atoms with Gasteiger partial charge in [0.25, 0.3) is 0 Å². The van der Waals surface area contributed by atoms with Gasteiger partial charge >= 0.3 is 0 Å². The van der Waals surface area contributed by atoms with Crippen LogP contribution in [0.15, 0.2) is 6.33 Å². The second-order valence-electron chi connectivity index (χ2n) is 4.89. The molecule has 106 valence electrons. The number of nitrogens with zero attached hydrogens (tertiary/aromatic N) is 2. The molecule has 0 spiro atoms. The van der Waals surface area contributed by atoms with Crippen LogP contribution in [-0.2, 0) is 6.42 Å². The summed E-state index contributed by atoms with van der Waals surface area (Å²) in [6.07, 6.45) is 8.68. The van der Waals surface area contributed by atoms with Crippen LogP contribution in [0, 0.1) is 0 Å². The number of aromatic nitrogens is 2. The van der Waals surface area contributed by atoms with Crippen molar-refractivity contribution in [2.24, 2.45) is 0 Å². The summed E-state index contributed by atoms with van der Waals surface area (Å²) in [6, 6.07) is 0.546. The van der Waals surface area contributed by atoms with E-state index in [1.807, 2.05) is 11.8 Å². The molecule has 1 saturated carbocycles. The maximum absolute atomic E-state index is 4.45. The molecular formula is C14H24N4S. The lowest BCUT2D eigenvalue weighted by Gasteiger charge is -2.22. The SMILES string of the molecule is CCNc1ncnc(NC2CCCC2SC)c1CC. The van der Waals surface area contributed by atoms with Gasteiger partial charge in [-0.25, -0.2) is 9.97 Å². The first-order chi connectivity index (χ1) is 9.30. The quantitative estimate of drug-likeness (QED) is 0.838. The number of hydrogen-bond donors (Lipinski definition) is 2. The summed E-state index contributed by atoms with van der Waals surface area (Å²) >= 11 is 1.97. The molecule has 0 saturated heterocycles. The van der Waals surface area contributed by atoms with Gasteiger partial charge in [0.2, 0.25) is 0 Å². The number of anilines is 2. The highest BCUT2D eigenvalue weighted by atomic mass is 32.2. The number of nitrogens with one attached hydrogen (secondary N) is 2. The van der Waals surface area contributed by atoms with Crippen LogP contribution in [0.4, 0.5) is 11.6 Å². The molecule has 2 atom stereocenters. The highest BCUT2D eigenvalue weighted by molar-refractivity contribution is 7.99. The van der Waals surface area contributed by atoms with Gasteiger partial charge in [-0.15, -0.1) is 0 Å². The maximum atomic E-state index is 4.45. The summed E-state index contributed by atoms with van der Waals surface area (Å²) in [5.41, 5.74) is 1.20. The van der Waals surface area contributed by atoms with Crippen molar-refractivity contribution in [2.45, 2.75) is 50.8 Å². The zero-order valence-corrected chi connectivity index (χ0v) is 12.9. The lowest BCUT2D eigenvalue weighted by molar-refractivity contribution is 0.759. The van der Waals surface area contributed by atoms with E-state index in [2.05, 4.69) is 40.7 Å². The molecule has 0 bridgehead atoms. The Morgan fingerprint density at radius 3 is 2.74 bits per heavy atom. The van der Waals surface area contributed by atoms with E-state index in [1.165, 1.54) is 24.8 Å². The number of rotatable bonds is 6. The predicted octanol–water partition coefficient (Wildman–Crippen LogP) is 3.17. The highest BCUT2D eigenvalue weighted by Gasteiger charge is 2.27. The fraction of sp³-hybridized carbons (Fsp3) is 0.714. The van der Waals surface area contributed by atoms with E-state index in [1.54, 1.807) is 6.33 Å². The van der Waals surface area contributed by atoms with E-state index in [0.29, 0.717) is 11.3 Å². The monoisotopic (exact) mass is 280 g/mol. The normalized spacial score (nSPS) is 22.5. The molecule has 0 aromatic carbocycles. The summed E-state index contributed by atoms with van der Waals surface area (Å²) in [5.74, 6) is 1.99. The van der Waals surface area contributed by atoms with Crippen LogP contribution < -0.4 is 10.6 Å². The van der Waals surface area contributed by atoms with Crippen LogP contribution >= 0.6 is 11.8 Å². The second-order valence-corrected chi connectivity index (χ2v) is 5.97. The van der Waals surface area contributed by atoms with Crippen LogP contribution in [-0.4, -0.2) is 34.1 Å². The van der Waals surface area contributed by atoms with Crippen molar-refractivity contribution in [1.29, 1.82) is 0 Å². The standard InChI is InChI=1S/C14H24N4S/c1-4-10-13(15-5-2)16-9-17-14(10)18-11-7-6-8-12(11)19-3/h9,11-12H,4-8H2,1-3H3,(H2,15,16,17,18). The minimum Gasteiger partial charge on any atom is -0.370 e. The van der Waals surface area contributed by atoms with Crippen LogP contribution in [0.5, 0.6) is 0 Å². The summed E-state index contributed by atoms with van der Waals surface area (Å²) in [6.45, 7) is 5.14. The Labute approximate surface area is 120 Å². The van der Waals surface area contributed by atoms with Crippen LogP contribution in [0.1, 0.15) is 38.7 Å². The Morgan fingerprint density at radius 1 is 1.26 bits per heavy atom. The minimum absolute atomic E-state index is 0.546. The third-order valence-electron chi connectivity index (χ3n) is 3.72. The topological polar surface area (TPSA) is 49.8 Å². The van der Waals surface area contributed by atoms with Crippen molar-refractivity contribution in [3.63, 3.8) is 0 Å². The van der Waals surface area contributed by atoms with E-state index < -0.39 is 0 Å². The molecule has 1 aromatic rings. The Balaban J connectivity index is 2.17. The Morgan fingerprint density at radius 2 is 2.05 bits per heavy atom.